The van der Waals surface area contributed by atoms with Gasteiger partial charge >= 0.3 is 0 Å². The number of hydrogen-bond donors (Lipinski definition) is 2. The van der Waals surface area contributed by atoms with E-state index in [1.165, 1.54) is 52.1 Å². The first-order valence-electron chi connectivity index (χ1n) is 16.1. The molecule has 2 heterocycles. The number of benzene rings is 4. The van der Waals surface area contributed by atoms with Gasteiger partial charge in [0.25, 0.3) is 0 Å². The highest BCUT2D eigenvalue weighted by atomic mass is 79.9. The number of hydrogen-bond acceptors (Lipinski definition) is 4. The topological polar surface area (TPSA) is 15.4 Å². The Labute approximate surface area is 320 Å². The zero-order valence-electron chi connectivity index (χ0n) is 27.4. The van der Waals surface area contributed by atoms with Crippen LogP contribution >= 0.6 is 46.7 Å². The van der Waals surface area contributed by atoms with Crippen molar-refractivity contribution in [2.24, 2.45) is 0 Å². The summed E-state index contributed by atoms with van der Waals surface area (Å²) < 4.78 is 0. The number of fused-ring (bicyclic) bond motifs is 4. The van der Waals surface area contributed by atoms with Gasteiger partial charge in [-0.25, -0.2) is 0 Å². The third kappa shape index (κ3) is 9.06. The SMILES string of the molecule is C[NH+](C)CCC(CCCC(CC[NH+](C)C)N1c2ccccc2Sc2ccc(Cl)cc21)N1c2ccccc2Sc2ccc(Cl)cc21.[Br-].[Br-]. The normalized spacial score (nSPS) is 14.4. The second-order valence-corrected chi connectivity index (χ2v) is 15.9. The largest absolute Gasteiger partial charge is 1.00 e. The molecule has 2 aliphatic heterocycles. The summed E-state index contributed by atoms with van der Waals surface area (Å²) in [5.74, 6) is 0. The average Bonchev–Trinajstić information content (AvgIpc) is 3.02. The molecule has 0 saturated heterocycles. The number of nitrogens with zero attached hydrogens (tertiary/aromatic N) is 2. The molecule has 10 heteroatoms. The van der Waals surface area contributed by atoms with Gasteiger partial charge in [0.15, 0.2) is 0 Å². The molecule has 4 nitrogen and oxygen atoms in total. The second-order valence-electron chi connectivity index (χ2n) is 12.8. The van der Waals surface area contributed by atoms with E-state index in [1.807, 2.05) is 35.7 Å². The molecule has 0 amide bonds. The van der Waals surface area contributed by atoms with E-state index in [1.54, 1.807) is 0 Å². The molecule has 4 aromatic carbocycles. The van der Waals surface area contributed by atoms with Gasteiger partial charge in [-0.2, -0.15) is 0 Å². The number of halogens is 4. The van der Waals surface area contributed by atoms with Crippen molar-refractivity contribution in [3.8, 4) is 0 Å². The highest BCUT2D eigenvalue weighted by Crippen LogP contribution is 2.52. The number of anilines is 4. The smallest absolute Gasteiger partial charge is 0.0786 e. The minimum Gasteiger partial charge on any atom is -1.00 e. The summed E-state index contributed by atoms with van der Waals surface area (Å²) in [6.07, 6.45) is 5.57. The number of para-hydroxylation sites is 2. The zero-order chi connectivity index (χ0) is 31.5. The third-order valence-electron chi connectivity index (χ3n) is 8.81. The molecule has 6 rings (SSSR count). The van der Waals surface area contributed by atoms with Crippen LogP contribution < -0.4 is 53.6 Å². The first kappa shape index (κ1) is 38.4. The fourth-order valence-corrected chi connectivity index (χ4v) is 9.04. The maximum Gasteiger partial charge on any atom is 0.0786 e. The molecule has 0 spiro atoms. The summed E-state index contributed by atoms with van der Waals surface area (Å²) in [4.78, 5) is 13.4. The van der Waals surface area contributed by atoms with Crippen LogP contribution in [0.1, 0.15) is 32.1 Å². The molecule has 47 heavy (non-hydrogen) atoms. The Hall–Kier alpha value is -1.36. The monoisotopic (exact) mass is 836 g/mol. The van der Waals surface area contributed by atoms with Gasteiger partial charge in [0.1, 0.15) is 0 Å². The molecule has 0 bridgehead atoms. The van der Waals surface area contributed by atoms with Crippen molar-refractivity contribution in [1.82, 2.24) is 0 Å². The lowest BCUT2D eigenvalue weighted by atomic mass is 9.97. The van der Waals surface area contributed by atoms with E-state index in [2.05, 4.69) is 111 Å². The van der Waals surface area contributed by atoms with E-state index in [4.69, 9.17) is 23.2 Å². The van der Waals surface area contributed by atoms with Crippen LogP contribution in [-0.4, -0.2) is 53.4 Å². The van der Waals surface area contributed by atoms with E-state index < -0.39 is 0 Å². The Morgan fingerprint density at radius 3 is 1.32 bits per heavy atom. The standard InChI is InChI=1S/C37H42Cl2N4S2.2BrH/c1-40(2)22-20-28(42-30-12-5-7-14-34(30)44-36-18-16-26(38)24-32(36)42)10-9-11-29(21-23-41(3)4)43-31-13-6-8-15-35(31)45-37-19-17-27(39)25-33(37)43;;/h5-8,12-19,24-25,28-29H,9-11,20-23H2,1-4H3;2*1H. The van der Waals surface area contributed by atoms with E-state index in [-0.39, 0.29) is 34.0 Å². The number of quaternary nitrogens is 2. The van der Waals surface area contributed by atoms with Gasteiger partial charge in [0, 0.05) is 54.6 Å². The van der Waals surface area contributed by atoms with E-state index in [0.29, 0.717) is 12.1 Å². The summed E-state index contributed by atoms with van der Waals surface area (Å²) in [5, 5.41) is 1.59. The lowest BCUT2D eigenvalue weighted by Crippen LogP contribution is -3.05. The Bertz CT molecular complexity index is 1520. The highest BCUT2D eigenvalue weighted by Gasteiger charge is 2.32. The van der Waals surface area contributed by atoms with E-state index in [9.17, 15) is 0 Å². The molecule has 0 saturated carbocycles. The molecular formula is C37H44Br2Cl2N4S2. The van der Waals surface area contributed by atoms with Crippen molar-refractivity contribution < 1.29 is 43.8 Å². The molecule has 2 atom stereocenters. The van der Waals surface area contributed by atoms with Crippen LogP contribution in [0, 0.1) is 0 Å². The summed E-state index contributed by atoms with van der Waals surface area (Å²) in [6, 6.07) is 31.2. The lowest BCUT2D eigenvalue weighted by molar-refractivity contribution is -0.858. The van der Waals surface area contributed by atoms with Gasteiger partial charge in [0.05, 0.1) is 64.0 Å². The van der Waals surface area contributed by atoms with Crippen LogP contribution in [0.25, 0.3) is 0 Å². The van der Waals surface area contributed by atoms with Crippen molar-refractivity contribution in [3.05, 3.63) is 95.0 Å². The first-order valence-corrected chi connectivity index (χ1v) is 18.5. The predicted octanol–water partition coefficient (Wildman–Crippen LogP) is 1.88. The molecule has 0 radical (unpaired) electrons. The summed E-state index contributed by atoms with van der Waals surface area (Å²) in [7, 11) is 9.04. The second kappa shape index (κ2) is 17.5. The Morgan fingerprint density at radius 1 is 0.532 bits per heavy atom. The van der Waals surface area contributed by atoms with Gasteiger partial charge in [-0.15, -0.1) is 0 Å². The number of rotatable bonds is 12. The molecule has 4 aromatic rings. The molecule has 252 valence electrons. The van der Waals surface area contributed by atoms with E-state index >= 15 is 0 Å². The fourth-order valence-electron chi connectivity index (χ4n) is 6.60. The van der Waals surface area contributed by atoms with Gasteiger partial charge < -0.3 is 53.6 Å². The highest BCUT2D eigenvalue weighted by molar-refractivity contribution is 8.00. The Morgan fingerprint density at radius 2 is 0.915 bits per heavy atom. The van der Waals surface area contributed by atoms with E-state index in [0.717, 1.165) is 55.2 Å². The van der Waals surface area contributed by atoms with Crippen LogP contribution in [0.3, 0.4) is 0 Å². The van der Waals surface area contributed by atoms with Gasteiger partial charge in [0.2, 0.25) is 0 Å². The predicted molar refractivity (Wildman–Crippen MR) is 194 cm³/mol. The van der Waals surface area contributed by atoms with Crippen LogP contribution in [0.15, 0.2) is 105 Å². The minimum atomic E-state index is 0. The van der Waals surface area contributed by atoms with Crippen molar-refractivity contribution >= 4 is 69.5 Å². The summed E-state index contributed by atoms with van der Waals surface area (Å²) >= 11 is 17.0. The summed E-state index contributed by atoms with van der Waals surface area (Å²) in [6.45, 7) is 2.23. The molecule has 0 aliphatic carbocycles. The van der Waals surface area contributed by atoms with Gasteiger partial charge in [-0.05, 0) is 79.9 Å². The minimum absolute atomic E-state index is 0. The maximum atomic E-state index is 6.63. The summed E-state index contributed by atoms with van der Waals surface area (Å²) in [5.41, 5.74) is 5.08. The molecule has 0 fully saturated rings. The van der Waals surface area contributed by atoms with Gasteiger partial charge in [-0.1, -0.05) is 71.0 Å². The van der Waals surface area contributed by atoms with Crippen molar-refractivity contribution in [1.29, 1.82) is 0 Å². The number of nitrogens with one attached hydrogen (secondary N) is 2. The molecule has 2 aliphatic rings. The third-order valence-corrected chi connectivity index (χ3v) is 11.5. The van der Waals surface area contributed by atoms with Crippen molar-refractivity contribution in [3.63, 3.8) is 0 Å². The van der Waals surface area contributed by atoms with Gasteiger partial charge in [-0.3, -0.25) is 0 Å². The fraction of sp³-hybridized carbons (Fsp3) is 0.351. The quantitative estimate of drug-likeness (QED) is 0.227. The van der Waals surface area contributed by atoms with Crippen LogP contribution in [0.5, 0.6) is 0 Å². The van der Waals surface area contributed by atoms with Crippen LogP contribution in [0.2, 0.25) is 10.0 Å². The molecular weight excluding hydrogens is 795 g/mol. The van der Waals surface area contributed by atoms with Crippen molar-refractivity contribution in [2.45, 2.75) is 63.8 Å². The Balaban J connectivity index is 0.00000250. The van der Waals surface area contributed by atoms with Crippen LogP contribution in [0.4, 0.5) is 22.7 Å². The molecule has 0 aromatic heterocycles. The Kier molecular flexibility index (Phi) is 14.3. The van der Waals surface area contributed by atoms with Crippen LogP contribution in [-0.2, 0) is 0 Å². The first-order chi connectivity index (χ1) is 21.8. The lowest BCUT2D eigenvalue weighted by Gasteiger charge is -2.41. The average molecular weight is 840 g/mol. The zero-order valence-corrected chi connectivity index (χ0v) is 33.7. The van der Waals surface area contributed by atoms with Crippen molar-refractivity contribution in [2.75, 3.05) is 51.1 Å². The maximum absolute atomic E-state index is 6.63. The molecule has 2 N–H and O–H groups in total. The molecule has 2 unspecified atom stereocenters.